The van der Waals surface area contributed by atoms with Crippen molar-refractivity contribution in [1.82, 2.24) is 20.0 Å². The van der Waals surface area contributed by atoms with Gasteiger partial charge in [0.15, 0.2) is 11.5 Å². The number of rotatable bonds is 8. The highest BCUT2D eigenvalue weighted by Crippen LogP contribution is 2.49. The number of nitrogens with zero attached hydrogens (tertiary/aromatic N) is 3. The first kappa shape index (κ1) is 28.8. The number of halogens is 4. The molecule has 1 amide bonds. The highest BCUT2D eigenvalue weighted by Gasteiger charge is 2.31. The number of aromatic nitrogens is 2. The van der Waals surface area contributed by atoms with Gasteiger partial charge in [-0.15, -0.1) is 5.10 Å². The number of amides is 1. The first-order valence-corrected chi connectivity index (χ1v) is 13.6. The maximum atomic E-state index is 12.7. The SMILES string of the molecule is O=C(NCc1ccccc1)Oc1c(Cl)cc(-c2nn(C3CCN(CCCC(F)(F)F)CC3)c(=O)o2)c2c1OCCO2. The number of carbonyl (C=O) groups excluding carboxylic acids is 1. The van der Waals surface area contributed by atoms with Gasteiger partial charge in [0.05, 0.1) is 16.6 Å². The molecule has 2 aromatic carbocycles. The maximum Gasteiger partial charge on any atom is 0.437 e. The van der Waals surface area contributed by atoms with Gasteiger partial charge in [-0.2, -0.15) is 17.9 Å². The zero-order valence-electron chi connectivity index (χ0n) is 21.9. The van der Waals surface area contributed by atoms with Crippen LogP contribution in [0.15, 0.2) is 45.6 Å². The van der Waals surface area contributed by atoms with Gasteiger partial charge in [-0.05, 0) is 37.4 Å². The second-order valence-corrected chi connectivity index (χ2v) is 10.1. The van der Waals surface area contributed by atoms with Crippen molar-refractivity contribution in [3.63, 3.8) is 0 Å². The van der Waals surface area contributed by atoms with Crippen LogP contribution in [0.4, 0.5) is 18.0 Å². The van der Waals surface area contributed by atoms with Gasteiger partial charge in [0.1, 0.15) is 13.2 Å². The van der Waals surface area contributed by atoms with E-state index in [1.54, 1.807) is 0 Å². The fraction of sp³-hybridized carbons (Fsp3) is 0.444. The highest BCUT2D eigenvalue weighted by molar-refractivity contribution is 6.33. The van der Waals surface area contributed by atoms with Crippen molar-refractivity contribution in [3.05, 3.63) is 57.5 Å². The Morgan fingerprint density at radius 2 is 1.83 bits per heavy atom. The number of piperidine rings is 1. The van der Waals surface area contributed by atoms with Gasteiger partial charge in [0, 0.05) is 26.1 Å². The molecule has 0 atom stereocenters. The molecule has 2 aliphatic heterocycles. The summed E-state index contributed by atoms with van der Waals surface area (Å²) < 4.78 is 61.1. The quantitative estimate of drug-likeness (QED) is 0.378. The molecule has 1 aromatic heterocycles. The summed E-state index contributed by atoms with van der Waals surface area (Å²) in [6, 6.07) is 10.4. The van der Waals surface area contributed by atoms with Crippen LogP contribution in [0, 0.1) is 0 Å². The topological polar surface area (TPSA) is 108 Å². The molecule has 10 nitrogen and oxygen atoms in total. The van der Waals surface area contributed by atoms with E-state index in [0.29, 0.717) is 32.5 Å². The standard InChI is InChI=1S/C27H28ClF3N4O6/c28-20-15-19(21-23(39-14-13-38-21)22(20)40-25(36)32-16-17-5-2-1-3-6-17)24-33-35(26(37)41-24)18-7-11-34(12-8-18)10-4-9-27(29,30)31/h1-3,5-6,15,18H,4,7-14,16H2,(H,32,36). The van der Waals surface area contributed by atoms with Crippen LogP contribution < -0.4 is 25.3 Å². The van der Waals surface area contributed by atoms with Crippen molar-refractivity contribution >= 4 is 17.7 Å². The van der Waals surface area contributed by atoms with Gasteiger partial charge >= 0.3 is 18.0 Å². The van der Waals surface area contributed by atoms with E-state index < -0.39 is 24.4 Å². The van der Waals surface area contributed by atoms with Crippen molar-refractivity contribution in [2.45, 2.75) is 44.4 Å². The molecule has 0 aliphatic carbocycles. The number of hydrogen-bond donors (Lipinski definition) is 1. The lowest BCUT2D eigenvalue weighted by atomic mass is 10.1. The summed E-state index contributed by atoms with van der Waals surface area (Å²) in [5, 5.41) is 7.05. The molecular weight excluding hydrogens is 569 g/mol. The molecule has 1 N–H and O–H groups in total. The van der Waals surface area contributed by atoms with E-state index in [1.807, 2.05) is 35.2 Å². The van der Waals surface area contributed by atoms with Crippen molar-refractivity contribution in [2.75, 3.05) is 32.8 Å². The number of likely N-dealkylation sites (tertiary alicyclic amines) is 1. The van der Waals surface area contributed by atoms with Gasteiger partial charge in [-0.1, -0.05) is 41.9 Å². The molecule has 0 spiro atoms. The second kappa shape index (κ2) is 12.4. The fourth-order valence-corrected chi connectivity index (χ4v) is 5.06. The third-order valence-corrected chi connectivity index (χ3v) is 7.11. The summed E-state index contributed by atoms with van der Waals surface area (Å²) in [6.45, 7) is 2.02. The van der Waals surface area contributed by atoms with E-state index in [4.69, 9.17) is 30.2 Å². The van der Waals surface area contributed by atoms with Gasteiger partial charge in [-0.25, -0.2) is 9.59 Å². The fourth-order valence-electron chi connectivity index (χ4n) is 4.83. The Hall–Kier alpha value is -3.71. The molecule has 5 rings (SSSR count). The summed E-state index contributed by atoms with van der Waals surface area (Å²) in [6.07, 6.45) is -4.65. The summed E-state index contributed by atoms with van der Waals surface area (Å²) in [5.41, 5.74) is 1.13. The van der Waals surface area contributed by atoms with Crippen LogP contribution in [-0.2, 0) is 6.54 Å². The van der Waals surface area contributed by atoms with E-state index in [-0.39, 0.29) is 65.9 Å². The van der Waals surface area contributed by atoms with Crippen LogP contribution in [0.5, 0.6) is 17.2 Å². The summed E-state index contributed by atoms with van der Waals surface area (Å²) >= 11 is 6.49. The molecule has 0 unspecified atom stereocenters. The molecule has 3 aromatic rings. The summed E-state index contributed by atoms with van der Waals surface area (Å²) in [5.74, 6) is -0.531. The normalized spacial score (nSPS) is 16.0. The van der Waals surface area contributed by atoms with Crippen LogP contribution in [0.2, 0.25) is 5.02 Å². The number of alkyl halides is 3. The predicted molar refractivity (Wildman–Crippen MR) is 142 cm³/mol. The van der Waals surface area contributed by atoms with Gasteiger partial charge in [-0.3, -0.25) is 0 Å². The van der Waals surface area contributed by atoms with Gasteiger partial charge in [0.2, 0.25) is 5.75 Å². The van der Waals surface area contributed by atoms with Crippen molar-refractivity contribution in [2.24, 2.45) is 0 Å². The van der Waals surface area contributed by atoms with E-state index in [0.717, 1.165) is 5.56 Å². The zero-order valence-corrected chi connectivity index (χ0v) is 22.7. The predicted octanol–water partition coefficient (Wildman–Crippen LogP) is 5.20. The average molecular weight is 597 g/mol. The van der Waals surface area contributed by atoms with Crippen LogP contribution in [0.3, 0.4) is 0 Å². The molecule has 220 valence electrons. The first-order valence-electron chi connectivity index (χ1n) is 13.2. The minimum atomic E-state index is -4.17. The van der Waals surface area contributed by atoms with Crippen LogP contribution in [0.1, 0.15) is 37.3 Å². The van der Waals surface area contributed by atoms with Gasteiger partial charge < -0.3 is 28.8 Å². The Kier molecular flexibility index (Phi) is 8.74. The number of ether oxygens (including phenoxy) is 3. The largest absolute Gasteiger partial charge is 0.485 e. The zero-order chi connectivity index (χ0) is 29.0. The van der Waals surface area contributed by atoms with Crippen LogP contribution >= 0.6 is 11.6 Å². The third kappa shape index (κ3) is 7.14. The van der Waals surface area contributed by atoms with Crippen molar-refractivity contribution in [3.8, 4) is 28.7 Å². The minimum absolute atomic E-state index is 0.0171. The average Bonchev–Trinajstić information content (AvgIpc) is 3.34. The third-order valence-electron chi connectivity index (χ3n) is 6.83. The molecular formula is C27H28ClF3N4O6. The van der Waals surface area contributed by atoms with E-state index in [1.165, 1.54) is 10.7 Å². The summed E-state index contributed by atoms with van der Waals surface area (Å²) in [4.78, 5) is 27.2. The second-order valence-electron chi connectivity index (χ2n) is 9.73. The number of hydrogen-bond acceptors (Lipinski definition) is 8. The number of carbonyl (C=O) groups is 1. The highest BCUT2D eigenvalue weighted by atomic mass is 35.5. The van der Waals surface area contributed by atoms with Crippen molar-refractivity contribution < 1.29 is 36.6 Å². The molecule has 2 aliphatic rings. The molecule has 1 fully saturated rings. The molecule has 1 saturated heterocycles. The van der Waals surface area contributed by atoms with Crippen LogP contribution in [0.25, 0.3) is 11.5 Å². The minimum Gasteiger partial charge on any atom is -0.485 e. The monoisotopic (exact) mass is 596 g/mol. The number of fused-ring (bicyclic) bond motifs is 1. The van der Waals surface area contributed by atoms with E-state index in [9.17, 15) is 22.8 Å². The smallest absolute Gasteiger partial charge is 0.437 e. The van der Waals surface area contributed by atoms with Crippen molar-refractivity contribution in [1.29, 1.82) is 0 Å². The number of benzene rings is 2. The number of nitrogens with one attached hydrogen (secondary N) is 1. The Morgan fingerprint density at radius 1 is 1.12 bits per heavy atom. The molecule has 0 bridgehead atoms. The first-order chi connectivity index (χ1) is 19.7. The van der Waals surface area contributed by atoms with Crippen LogP contribution in [-0.4, -0.2) is 59.8 Å². The van der Waals surface area contributed by atoms with E-state index in [2.05, 4.69) is 10.4 Å². The lowest BCUT2D eigenvalue weighted by molar-refractivity contribution is -0.136. The lowest BCUT2D eigenvalue weighted by Crippen LogP contribution is -2.37. The van der Waals surface area contributed by atoms with E-state index >= 15 is 0 Å². The molecule has 3 heterocycles. The molecule has 0 radical (unpaired) electrons. The maximum absolute atomic E-state index is 12.7. The Bertz CT molecular complexity index is 1420. The Labute approximate surface area is 237 Å². The van der Waals surface area contributed by atoms with Gasteiger partial charge in [0.25, 0.3) is 5.89 Å². The summed E-state index contributed by atoms with van der Waals surface area (Å²) in [7, 11) is 0. The molecule has 0 saturated carbocycles. The Morgan fingerprint density at radius 3 is 2.54 bits per heavy atom. The molecule has 41 heavy (non-hydrogen) atoms. The lowest BCUT2D eigenvalue weighted by Gasteiger charge is -2.31. The molecule has 14 heteroatoms. The Balaban J connectivity index is 1.29.